The summed E-state index contributed by atoms with van der Waals surface area (Å²) in [7, 11) is 0. The predicted molar refractivity (Wildman–Crippen MR) is 265 cm³/mol. The molecule has 1 heterocycles. The lowest BCUT2D eigenvalue weighted by Gasteiger charge is -2.46. The Balaban J connectivity index is 1.04. The summed E-state index contributed by atoms with van der Waals surface area (Å²) in [4.78, 5) is 2.50. The molecule has 13 rings (SSSR count). The Morgan fingerprint density at radius 1 is 0.453 bits per heavy atom. The van der Waals surface area contributed by atoms with Crippen molar-refractivity contribution < 1.29 is 4.42 Å². The predicted octanol–water partition coefficient (Wildman–Crippen LogP) is 16.2. The molecule has 9 aromatic rings. The molecule has 64 heavy (non-hydrogen) atoms. The normalized spacial score (nSPS) is 19.8. The van der Waals surface area contributed by atoms with Gasteiger partial charge in [0.15, 0.2) is 0 Å². The van der Waals surface area contributed by atoms with Gasteiger partial charge in [0.25, 0.3) is 0 Å². The van der Waals surface area contributed by atoms with Gasteiger partial charge in [0.05, 0.1) is 5.41 Å². The van der Waals surface area contributed by atoms with Crippen molar-refractivity contribution in [3.05, 3.63) is 245 Å². The highest BCUT2D eigenvalue weighted by Crippen LogP contribution is 2.64. The monoisotopic (exact) mass is 823 g/mol. The molecular weight excluding hydrogens is 775 g/mol. The fraction of sp³-hybridized carbons (Fsp3) is 0.161. The van der Waals surface area contributed by atoms with E-state index >= 15 is 0 Å². The summed E-state index contributed by atoms with van der Waals surface area (Å²) in [6, 6.07) is 66.1. The van der Waals surface area contributed by atoms with Crippen molar-refractivity contribution in [3.8, 4) is 22.3 Å². The van der Waals surface area contributed by atoms with Crippen molar-refractivity contribution in [1.29, 1.82) is 0 Å². The van der Waals surface area contributed by atoms with Crippen LogP contribution in [0.5, 0.6) is 0 Å². The van der Waals surface area contributed by atoms with E-state index < -0.39 is 5.41 Å². The number of hydrogen-bond acceptors (Lipinski definition) is 2. The molecule has 1 aromatic heterocycles. The molecular formula is C62H49NO. The average molecular weight is 824 g/mol. The summed E-state index contributed by atoms with van der Waals surface area (Å²) < 4.78 is 6.53. The Labute approximate surface area is 375 Å². The van der Waals surface area contributed by atoms with Crippen LogP contribution in [0.15, 0.2) is 205 Å². The maximum absolute atomic E-state index is 6.53. The Kier molecular flexibility index (Phi) is 7.57. The molecule has 2 atom stereocenters. The van der Waals surface area contributed by atoms with Gasteiger partial charge in [0.2, 0.25) is 0 Å². The topological polar surface area (TPSA) is 16.4 Å². The highest BCUT2D eigenvalue weighted by Gasteiger charge is 2.55. The largest absolute Gasteiger partial charge is 0.455 e. The number of anilines is 3. The molecule has 0 aliphatic heterocycles. The molecule has 0 N–H and O–H groups in total. The van der Waals surface area contributed by atoms with Crippen molar-refractivity contribution in [2.45, 2.75) is 56.8 Å². The number of hydrogen-bond donors (Lipinski definition) is 0. The van der Waals surface area contributed by atoms with E-state index in [1.54, 1.807) is 0 Å². The van der Waals surface area contributed by atoms with Gasteiger partial charge in [-0.05, 0) is 109 Å². The summed E-state index contributed by atoms with van der Waals surface area (Å²) in [6.45, 7) is 12.1. The van der Waals surface area contributed by atoms with Crippen LogP contribution in [0.25, 0.3) is 44.2 Å². The zero-order valence-corrected chi connectivity index (χ0v) is 37.0. The van der Waals surface area contributed by atoms with Crippen LogP contribution in [-0.4, -0.2) is 0 Å². The van der Waals surface area contributed by atoms with Crippen LogP contribution in [0.4, 0.5) is 17.1 Å². The summed E-state index contributed by atoms with van der Waals surface area (Å²) in [5.41, 5.74) is 20.3. The van der Waals surface area contributed by atoms with E-state index in [2.05, 4.69) is 234 Å². The lowest BCUT2D eigenvalue weighted by atomic mass is 9.55. The third-order valence-electron chi connectivity index (χ3n) is 16.3. The number of fused-ring (bicyclic) bond motifs is 15. The van der Waals surface area contributed by atoms with Gasteiger partial charge < -0.3 is 9.32 Å². The van der Waals surface area contributed by atoms with E-state index in [1.165, 1.54) is 55.6 Å². The minimum absolute atomic E-state index is 0.0197. The fourth-order valence-electron chi connectivity index (χ4n) is 12.7. The summed E-state index contributed by atoms with van der Waals surface area (Å²) in [5, 5.41) is 2.28. The van der Waals surface area contributed by atoms with E-state index in [0.29, 0.717) is 5.92 Å². The standard InChI is InChI=1S/C62H49NO/c1-59(2)51-23-9-11-25-53(51)62(54-26-12-10-24-52(54)59)50-22-8-6-17-44(50)45-34-32-42(38-56(45)62)63(41-33-35-48-49-21-14-15-36-61(49,5)60(3,4)55(48)37-41)40-30-28-39(29-31-40)43-19-16-20-47-46-18-7-13-27-57(46)64-58(43)47/h6-38,49H,1-5H3. The zero-order chi connectivity index (χ0) is 43.2. The van der Waals surface area contributed by atoms with Crippen LogP contribution in [0.1, 0.15) is 85.0 Å². The van der Waals surface area contributed by atoms with Gasteiger partial charge in [-0.3, -0.25) is 0 Å². The Hall–Kier alpha value is -7.16. The van der Waals surface area contributed by atoms with Gasteiger partial charge in [-0.1, -0.05) is 192 Å². The van der Waals surface area contributed by atoms with Gasteiger partial charge in [-0.25, -0.2) is 0 Å². The third-order valence-corrected chi connectivity index (χ3v) is 16.3. The van der Waals surface area contributed by atoms with E-state index in [1.807, 2.05) is 6.07 Å². The van der Waals surface area contributed by atoms with E-state index in [9.17, 15) is 0 Å². The van der Waals surface area contributed by atoms with Gasteiger partial charge >= 0.3 is 0 Å². The maximum atomic E-state index is 6.53. The molecule has 0 saturated carbocycles. The third kappa shape index (κ3) is 4.70. The molecule has 0 saturated heterocycles. The molecule has 4 aliphatic rings. The lowest BCUT2D eigenvalue weighted by Crippen LogP contribution is -2.40. The second-order valence-electron chi connectivity index (χ2n) is 19.8. The van der Waals surface area contributed by atoms with Gasteiger partial charge in [0, 0.05) is 50.1 Å². The molecule has 0 bridgehead atoms. The highest BCUT2D eigenvalue weighted by molar-refractivity contribution is 6.09. The quantitative estimate of drug-likeness (QED) is 0.176. The maximum Gasteiger partial charge on any atom is 0.143 e. The smallest absolute Gasteiger partial charge is 0.143 e. The summed E-state index contributed by atoms with van der Waals surface area (Å²) >= 11 is 0. The molecule has 2 heteroatoms. The number of nitrogens with zero attached hydrogens (tertiary/aromatic N) is 1. The molecule has 1 spiro atoms. The molecule has 2 unspecified atom stereocenters. The molecule has 0 amide bonds. The van der Waals surface area contributed by atoms with Crippen molar-refractivity contribution >= 4 is 39.0 Å². The summed E-state index contributed by atoms with van der Waals surface area (Å²) in [5.74, 6) is 0.333. The number of rotatable bonds is 4. The fourth-order valence-corrected chi connectivity index (χ4v) is 12.7. The second kappa shape index (κ2) is 13.0. The van der Waals surface area contributed by atoms with E-state index in [0.717, 1.165) is 50.1 Å². The number of furan rings is 1. The molecule has 4 aliphatic carbocycles. The van der Waals surface area contributed by atoms with E-state index in [4.69, 9.17) is 4.42 Å². The van der Waals surface area contributed by atoms with Crippen LogP contribution in [0.2, 0.25) is 0 Å². The van der Waals surface area contributed by atoms with Crippen LogP contribution >= 0.6 is 0 Å². The zero-order valence-electron chi connectivity index (χ0n) is 37.0. The average Bonchev–Trinajstić information content (AvgIpc) is 3.91. The van der Waals surface area contributed by atoms with Gasteiger partial charge in [-0.2, -0.15) is 0 Å². The number of para-hydroxylation sites is 2. The first-order chi connectivity index (χ1) is 31.1. The molecule has 8 aromatic carbocycles. The first kappa shape index (κ1) is 37.4. The van der Waals surface area contributed by atoms with Gasteiger partial charge in [0.1, 0.15) is 11.2 Å². The van der Waals surface area contributed by atoms with E-state index in [-0.39, 0.29) is 16.2 Å². The minimum atomic E-state index is -0.492. The Morgan fingerprint density at radius 2 is 1.03 bits per heavy atom. The van der Waals surface area contributed by atoms with Crippen LogP contribution in [0, 0.1) is 5.41 Å². The van der Waals surface area contributed by atoms with Crippen molar-refractivity contribution in [1.82, 2.24) is 0 Å². The first-order valence-electron chi connectivity index (χ1n) is 22.9. The van der Waals surface area contributed by atoms with Crippen molar-refractivity contribution in [3.63, 3.8) is 0 Å². The van der Waals surface area contributed by atoms with Crippen molar-refractivity contribution in [2.75, 3.05) is 4.90 Å². The Bertz CT molecular complexity index is 3430. The van der Waals surface area contributed by atoms with Crippen molar-refractivity contribution in [2.24, 2.45) is 5.41 Å². The SMILES string of the molecule is CC1(C)c2ccccc2C2(c3ccccc3-c3ccc(N(c4ccc(-c5cccc6c5oc5ccccc56)cc4)c4ccc5c(c4)C(C)(C)C4(C)C=CC=CC54)cc32)c2ccccc21. The lowest BCUT2D eigenvalue weighted by molar-refractivity contribution is 0.245. The van der Waals surface area contributed by atoms with Gasteiger partial charge in [-0.15, -0.1) is 0 Å². The van der Waals surface area contributed by atoms with Crippen LogP contribution < -0.4 is 4.90 Å². The molecule has 0 radical (unpaired) electrons. The highest BCUT2D eigenvalue weighted by atomic mass is 16.3. The molecule has 2 nitrogen and oxygen atoms in total. The minimum Gasteiger partial charge on any atom is -0.455 e. The molecule has 0 fully saturated rings. The second-order valence-corrected chi connectivity index (χ2v) is 19.8. The molecule has 308 valence electrons. The number of allylic oxidation sites excluding steroid dienone is 4. The Morgan fingerprint density at radius 3 is 1.78 bits per heavy atom. The summed E-state index contributed by atoms with van der Waals surface area (Å²) in [6.07, 6.45) is 9.32. The van der Waals surface area contributed by atoms with Crippen LogP contribution in [0.3, 0.4) is 0 Å². The first-order valence-corrected chi connectivity index (χ1v) is 22.9. The number of benzene rings is 8. The van der Waals surface area contributed by atoms with Crippen LogP contribution in [-0.2, 0) is 16.2 Å².